The first-order valence-corrected chi connectivity index (χ1v) is 9.15. The summed E-state index contributed by atoms with van der Waals surface area (Å²) < 4.78 is 25.0. The van der Waals surface area contributed by atoms with E-state index in [0.29, 0.717) is 15.7 Å². The van der Waals surface area contributed by atoms with Crippen molar-refractivity contribution in [2.75, 3.05) is 6.26 Å². The van der Waals surface area contributed by atoms with E-state index in [2.05, 4.69) is 13.8 Å². The van der Waals surface area contributed by atoms with Crippen molar-refractivity contribution in [3.8, 4) is 0 Å². The maximum absolute atomic E-state index is 12.5. The molecule has 2 rings (SSSR count). The summed E-state index contributed by atoms with van der Waals surface area (Å²) in [6, 6.07) is 14.1. The fraction of sp³-hybridized carbons (Fsp3) is 0.250. The van der Waals surface area contributed by atoms with Gasteiger partial charge in [-0.05, 0) is 54.1 Å². The Morgan fingerprint density at radius 3 is 1.70 bits per heavy atom. The third-order valence-corrected chi connectivity index (χ3v) is 5.76. The minimum Gasteiger partial charge on any atom is -0.219 e. The van der Waals surface area contributed by atoms with Crippen LogP contribution in [0.3, 0.4) is 0 Å². The van der Waals surface area contributed by atoms with E-state index in [-0.39, 0.29) is 0 Å². The molecule has 0 heterocycles. The van der Waals surface area contributed by atoms with Gasteiger partial charge in [0.05, 0.1) is 9.79 Å². The maximum Gasteiger partial charge on any atom is 0.206 e. The monoisotopic (exact) mass is 306 g/mol. The highest BCUT2D eigenvalue weighted by Gasteiger charge is 2.17. The molecule has 106 valence electrons. The van der Waals surface area contributed by atoms with Gasteiger partial charge in [0.1, 0.15) is 0 Å². The van der Waals surface area contributed by atoms with Crippen LogP contribution in [0.2, 0.25) is 0 Å². The fourth-order valence-corrected chi connectivity index (χ4v) is 3.59. The SMILES string of the molecule is CSc1ccc(S(=O)(=O)c2ccc(C(C)C)cc2)cc1. The average Bonchev–Trinajstić information content (AvgIpc) is 2.47. The number of benzene rings is 2. The second-order valence-electron chi connectivity index (χ2n) is 4.90. The van der Waals surface area contributed by atoms with Crippen LogP contribution in [0.15, 0.2) is 63.2 Å². The van der Waals surface area contributed by atoms with Gasteiger partial charge in [0.2, 0.25) is 9.84 Å². The number of thioether (sulfide) groups is 1. The van der Waals surface area contributed by atoms with Gasteiger partial charge < -0.3 is 0 Å². The average molecular weight is 306 g/mol. The number of hydrogen-bond acceptors (Lipinski definition) is 3. The second-order valence-corrected chi connectivity index (χ2v) is 7.73. The van der Waals surface area contributed by atoms with Crippen molar-refractivity contribution >= 4 is 21.6 Å². The van der Waals surface area contributed by atoms with Crippen LogP contribution >= 0.6 is 11.8 Å². The van der Waals surface area contributed by atoms with Gasteiger partial charge in [-0.25, -0.2) is 8.42 Å². The lowest BCUT2D eigenvalue weighted by Crippen LogP contribution is -2.02. The number of sulfone groups is 1. The Balaban J connectivity index is 2.38. The van der Waals surface area contributed by atoms with Gasteiger partial charge in [0, 0.05) is 4.90 Å². The van der Waals surface area contributed by atoms with Crippen molar-refractivity contribution in [2.45, 2.75) is 34.5 Å². The van der Waals surface area contributed by atoms with E-state index >= 15 is 0 Å². The molecule has 0 amide bonds. The molecule has 2 aromatic rings. The Bertz CT molecular complexity index is 669. The summed E-state index contributed by atoms with van der Waals surface area (Å²) in [6.45, 7) is 4.18. The molecule has 4 heteroatoms. The highest BCUT2D eigenvalue weighted by molar-refractivity contribution is 7.98. The van der Waals surface area contributed by atoms with Crippen molar-refractivity contribution in [3.05, 3.63) is 54.1 Å². The molecule has 0 unspecified atom stereocenters. The van der Waals surface area contributed by atoms with E-state index in [1.165, 1.54) is 0 Å². The summed E-state index contributed by atoms with van der Waals surface area (Å²) in [7, 11) is -3.42. The molecular formula is C16H18O2S2. The largest absolute Gasteiger partial charge is 0.219 e. The van der Waals surface area contributed by atoms with Crippen molar-refractivity contribution < 1.29 is 8.42 Å². The third kappa shape index (κ3) is 3.07. The van der Waals surface area contributed by atoms with Crippen LogP contribution in [0.1, 0.15) is 25.3 Å². The van der Waals surface area contributed by atoms with Crippen LogP contribution in [-0.2, 0) is 9.84 Å². The summed E-state index contributed by atoms with van der Waals surface area (Å²) in [5.41, 5.74) is 1.14. The lowest BCUT2D eigenvalue weighted by atomic mass is 10.0. The zero-order valence-corrected chi connectivity index (χ0v) is 13.5. The molecule has 0 saturated carbocycles. The molecule has 0 saturated heterocycles. The molecule has 0 bridgehead atoms. The molecule has 0 aliphatic heterocycles. The van der Waals surface area contributed by atoms with E-state index in [1.54, 1.807) is 36.0 Å². The van der Waals surface area contributed by atoms with Crippen molar-refractivity contribution in [1.82, 2.24) is 0 Å². The van der Waals surface area contributed by atoms with Crippen LogP contribution in [0.5, 0.6) is 0 Å². The molecule has 20 heavy (non-hydrogen) atoms. The van der Waals surface area contributed by atoms with Gasteiger partial charge in [-0.15, -0.1) is 11.8 Å². The quantitative estimate of drug-likeness (QED) is 0.787. The standard InChI is InChI=1S/C16H18O2S2/c1-12(2)13-4-8-15(9-5-13)20(17,18)16-10-6-14(19-3)7-11-16/h4-12H,1-3H3. The predicted molar refractivity (Wildman–Crippen MR) is 84.2 cm³/mol. The normalized spacial score (nSPS) is 11.8. The first-order chi connectivity index (χ1) is 9.45. The Morgan fingerprint density at radius 1 is 0.850 bits per heavy atom. The zero-order valence-electron chi connectivity index (χ0n) is 11.8. The molecule has 0 aliphatic carbocycles. The fourth-order valence-electron chi connectivity index (χ4n) is 1.92. The lowest BCUT2D eigenvalue weighted by Gasteiger charge is -2.08. The molecule has 2 nitrogen and oxygen atoms in total. The highest BCUT2D eigenvalue weighted by atomic mass is 32.2. The second kappa shape index (κ2) is 6.02. The van der Waals surface area contributed by atoms with Gasteiger partial charge in [-0.2, -0.15) is 0 Å². The molecule has 0 fully saturated rings. The molecule has 0 spiro atoms. The molecule has 0 N–H and O–H groups in total. The minimum absolute atomic E-state index is 0.340. The molecule has 0 atom stereocenters. The first kappa shape index (κ1) is 15.1. The smallest absolute Gasteiger partial charge is 0.206 e. The molecule has 0 aliphatic rings. The van der Waals surface area contributed by atoms with Crippen LogP contribution in [0.4, 0.5) is 0 Å². The Hall–Kier alpha value is -1.26. The zero-order chi connectivity index (χ0) is 14.8. The van der Waals surface area contributed by atoms with Crippen molar-refractivity contribution in [1.29, 1.82) is 0 Å². The van der Waals surface area contributed by atoms with Crippen LogP contribution in [0, 0.1) is 0 Å². The summed E-state index contributed by atoms with van der Waals surface area (Å²) in [5, 5.41) is 0. The van der Waals surface area contributed by atoms with Crippen LogP contribution in [0.25, 0.3) is 0 Å². The number of rotatable bonds is 4. The molecule has 0 aromatic heterocycles. The van der Waals surface area contributed by atoms with Crippen molar-refractivity contribution in [2.24, 2.45) is 0 Å². The van der Waals surface area contributed by atoms with Gasteiger partial charge >= 0.3 is 0 Å². The third-order valence-electron chi connectivity index (χ3n) is 3.23. The Kier molecular flexibility index (Phi) is 4.55. The molecular weight excluding hydrogens is 288 g/mol. The van der Waals surface area contributed by atoms with E-state index in [4.69, 9.17) is 0 Å². The van der Waals surface area contributed by atoms with E-state index < -0.39 is 9.84 Å². The minimum atomic E-state index is -3.42. The Morgan fingerprint density at radius 2 is 1.30 bits per heavy atom. The summed E-state index contributed by atoms with van der Waals surface area (Å²) >= 11 is 1.59. The topological polar surface area (TPSA) is 34.1 Å². The van der Waals surface area contributed by atoms with E-state index in [0.717, 1.165) is 10.5 Å². The summed E-state index contributed by atoms with van der Waals surface area (Å²) in [5.74, 6) is 0.396. The van der Waals surface area contributed by atoms with Gasteiger partial charge in [-0.3, -0.25) is 0 Å². The molecule has 2 aromatic carbocycles. The van der Waals surface area contributed by atoms with Gasteiger partial charge in [0.15, 0.2) is 0 Å². The van der Waals surface area contributed by atoms with E-state index in [1.807, 2.05) is 30.5 Å². The maximum atomic E-state index is 12.5. The van der Waals surface area contributed by atoms with Crippen LogP contribution < -0.4 is 0 Å². The van der Waals surface area contributed by atoms with Gasteiger partial charge in [-0.1, -0.05) is 26.0 Å². The van der Waals surface area contributed by atoms with Crippen molar-refractivity contribution in [3.63, 3.8) is 0 Å². The molecule has 0 radical (unpaired) electrons. The first-order valence-electron chi connectivity index (χ1n) is 6.44. The van der Waals surface area contributed by atoms with Crippen LogP contribution in [-0.4, -0.2) is 14.7 Å². The summed E-state index contributed by atoms with van der Waals surface area (Å²) in [6.07, 6.45) is 1.97. The lowest BCUT2D eigenvalue weighted by molar-refractivity contribution is 0.596. The highest BCUT2D eigenvalue weighted by Crippen LogP contribution is 2.25. The van der Waals surface area contributed by atoms with Gasteiger partial charge in [0.25, 0.3) is 0 Å². The van der Waals surface area contributed by atoms with E-state index in [9.17, 15) is 8.42 Å². The summed E-state index contributed by atoms with van der Waals surface area (Å²) in [4.78, 5) is 1.74. The number of hydrogen-bond donors (Lipinski definition) is 0. The Labute approximate surface area is 125 Å². The predicted octanol–water partition coefficient (Wildman–Crippen LogP) is 4.36.